The molecule has 3 aromatic rings. The zero-order valence-electron chi connectivity index (χ0n) is 20.5. The molecular formula is C28H36N2O3S. The lowest BCUT2D eigenvalue weighted by Gasteiger charge is -2.20. The first-order valence-electron chi connectivity index (χ1n) is 11.4. The average Bonchev–Trinajstić information content (AvgIpc) is 2.81. The van der Waals surface area contributed by atoms with Crippen molar-refractivity contribution in [2.24, 2.45) is 0 Å². The van der Waals surface area contributed by atoms with Crippen molar-refractivity contribution in [1.29, 1.82) is 0 Å². The number of benzene rings is 3. The van der Waals surface area contributed by atoms with E-state index in [1.54, 1.807) is 32.5 Å². The van der Waals surface area contributed by atoms with E-state index in [0.29, 0.717) is 6.54 Å². The molecule has 5 nitrogen and oxygen atoms in total. The van der Waals surface area contributed by atoms with Gasteiger partial charge < -0.3 is 20.5 Å². The molecule has 0 saturated carbocycles. The Kier molecular flexibility index (Phi) is 11.5. The largest absolute Gasteiger partial charge is 0.444 e. The number of alkyl carbamates (subject to hydrolysis) is 1. The van der Waals surface area contributed by atoms with Gasteiger partial charge in [-0.05, 0) is 57.5 Å². The molecular weight excluding hydrogens is 444 g/mol. The normalized spacial score (nSPS) is 11.6. The van der Waals surface area contributed by atoms with E-state index in [1.165, 1.54) is 16.0 Å². The lowest BCUT2D eigenvalue weighted by molar-refractivity contribution is 0.0496. The first kappa shape index (κ1) is 27.3. The molecule has 0 aromatic heterocycles. The minimum absolute atomic E-state index is 0.132. The Bertz CT molecular complexity index is 958. The molecule has 6 heteroatoms. The summed E-state index contributed by atoms with van der Waals surface area (Å²) in [4.78, 5) is 12.8. The second-order valence-electron chi connectivity index (χ2n) is 8.87. The summed E-state index contributed by atoms with van der Waals surface area (Å²) >= 11 is 1.78. The Morgan fingerprint density at radius 1 is 0.912 bits per heavy atom. The summed E-state index contributed by atoms with van der Waals surface area (Å²) in [5.41, 5.74) is 3.00. The van der Waals surface area contributed by atoms with Crippen LogP contribution in [0.2, 0.25) is 0 Å². The molecule has 1 atom stereocenters. The van der Waals surface area contributed by atoms with Crippen LogP contribution < -0.4 is 10.6 Å². The molecule has 0 fully saturated rings. The third kappa shape index (κ3) is 12.3. The predicted octanol–water partition coefficient (Wildman–Crippen LogP) is 6.27. The third-order valence-electron chi connectivity index (χ3n) is 4.47. The lowest BCUT2D eigenvalue weighted by atomic mass is 10.2. The van der Waals surface area contributed by atoms with Crippen LogP contribution in [0, 0.1) is 6.92 Å². The van der Waals surface area contributed by atoms with Crippen molar-refractivity contribution in [3.8, 4) is 0 Å². The van der Waals surface area contributed by atoms with Gasteiger partial charge in [-0.2, -0.15) is 0 Å². The standard InChI is InChI=1S/C21H28N2O3S.C7H8/c1-21(2,3)26-20(25)23-14-18(24)13-22-17-9-11-19(12-10-17)27-15-16-7-5-4-6-8-16;1-7-5-3-2-4-6-7/h4-12,18,22,24H,13-15H2,1-3H3,(H,23,25);2-6H,1H3. The summed E-state index contributed by atoms with van der Waals surface area (Å²) in [6.07, 6.45) is -1.23. The maximum Gasteiger partial charge on any atom is 0.407 e. The predicted molar refractivity (Wildman–Crippen MR) is 142 cm³/mol. The smallest absolute Gasteiger partial charge is 0.407 e. The summed E-state index contributed by atoms with van der Waals surface area (Å²) < 4.78 is 5.14. The number of thioether (sulfide) groups is 1. The number of anilines is 1. The monoisotopic (exact) mass is 480 g/mol. The van der Waals surface area contributed by atoms with Crippen LogP contribution >= 0.6 is 11.8 Å². The van der Waals surface area contributed by atoms with Crippen molar-refractivity contribution in [2.45, 2.75) is 50.0 Å². The van der Waals surface area contributed by atoms with Gasteiger partial charge in [-0.3, -0.25) is 0 Å². The van der Waals surface area contributed by atoms with E-state index in [4.69, 9.17) is 4.74 Å². The molecule has 0 bridgehead atoms. The highest BCUT2D eigenvalue weighted by molar-refractivity contribution is 7.98. The van der Waals surface area contributed by atoms with E-state index in [0.717, 1.165) is 11.4 Å². The molecule has 1 unspecified atom stereocenters. The fraction of sp³-hybridized carbons (Fsp3) is 0.321. The minimum atomic E-state index is -0.704. The van der Waals surface area contributed by atoms with Gasteiger partial charge in [0.15, 0.2) is 0 Å². The van der Waals surface area contributed by atoms with Crippen LogP contribution in [-0.2, 0) is 10.5 Å². The summed E-state index contributed by atoms with van der Waals surface area (Å²) in [6.45, 7) is 7.95. The highest BCUT2D eigenvalue weighted by atomic mass is 32.2. The second kappa shape index (κ2) is 14.3. The van der Waals surface area contributed by atoms with E-state index in [-0.39, 0.29) is 6.54 Å². The molecule has 0 spiro atoms. The van der Waals surface area contributed by atoms with Crippen molar-refractivity contribution in [3.05, 3.63) is 96.1 Å². The van der Waals surface area contributed by atoms with Crippen LogP contribution in [0.4, 0.5) is 10.5 Å². The zero-order chi connectivity index (χ0) is 24.8. The Hall–Kier alpha value is -2.96. The van der Waals surface area contributed by atoms with E-state index >= 15 is 0 Å². The summed E-state index contributed by atoms with van der Waals surface area (Å²) in [6, 6.07) is 28.7. The lowest BCUT2D eigenvalue weighted by Crippen LogP contribution is -2.39. The molecule has 3 aromatic carbocycles. The van der Waals surface area contributed by atoms with Crippen LogP contribution in [0.5, 0.6) is 0 Å². The molecule has 0 saturated heterocycles. The minimum Gasteiger partial charge on any atom is -0.444 e. The number of carbonyl (C=O) groups is 1. The number of carbonyl (C=O) groups excluding carboxylic acids is 1. The SMILES string of the molecule is CC(C)(C)OC(=O)NCC(O)CNc1ccc(SCc2ccccc2)cc1.Cc1ccccc1. The first-order chi connectivity index (χ1) is 16.2. The number of rotatable bonds is 8. The molecule has 182 valence electrons. The van der Waals surface area contributed by atoms with Crippen LogP contribution in [0.3, 0.4) is 0 Å². The fourth-order valence-corrected chi connectivity index (χ4v) is 3.62. The fourth-order valence-electron chi connectivity index (χ4n) is 2.77. The molecule has 0 heterocycles. The highest BCUT2D eigenvalue weighted by Gasteiger charge is 2.16. The van der Waals surface area contributed by atoms with Gasteiger partial charge in [-0.1, -0.05) is 66.2 Å². The van der Waals surface area contributed by atoms with Crippen molar-refractivity contribution in [1.82, 2.24) is 5.32 Å². The van der Waals surface area contributed by atoms with E-state index in [9.17, 15) is 9.90 Å². The summed E-state index contributed by atoms with van der Waals surface area (Å²) in [5.74, 6) is 0.933. The van der Waals surface area contributed by atoms with E-state index in [2.05, 4.69) is 54.0 Å². The number of amides is 1. The van der Waals surface area contributed by atoms with E-state index in [1.807, 2.05) is 48.5 Å². The van der Waals surface area contributed by atoms with Gasteiger partial charge >= 0.3 is 6.09 Å². The number of aliphatic hydroxyl groups excluding tert-OH is 1. The summed E-state index contributed by atoms with van der Waals surface area (Å²) in [7, 11) is 0. The van der Waals surface area contributed by atoms with Crippen LogP contribution in [0.1, 0.15) is 31.9 Å². The Morgan fingerprint density at radius 3 is 2.03 bits per heavy atom. The number of ether oxygens (including phenoxy) is 1. The molecule has 0 aliphatic carbocycles. The highest BCUT2D eigenvalue weighted by Crippen LogP contribution is 2.24. The van der Waals surface area contributed by atoms with Gasteiger partial charge in [0, 0.05) is 29.4 Å². The number of hydrogen-bond donors (Lipinski definition) is 3. The van der Waals surface area contributed by atoms with Crippen molar-refractivity contribution < 1.29 is 14.6 Å². The quantitative estimate of drug-likeness (QED) is 0.331. The molecule has 0 aliphatic heterocycles. The zero-order valence-corrected chi connectivity index (χ0v) is 21.3. The number of aryl methyl sites for hydroxylation is 1. The van der Waals surface area contributed by atoms with Crippen LogP contribution in [-0.4, -0.2) is 36.0 Å². The second-order valence-corrected chi connectivity index (χ2v) is 9.92. The summed E-state index contributed by atoms with van der Waals surface area (Å²) in [5, 5.41) is 15.7. The van der Waals surface area contributed by atoms with Crippen molar-refractivity contribution >= 4 is 23.5 Å². The van der Waals surface area contributed by atoms with Gasteiger partial charge in [0.05, 0.1) is 6.10 Å². The van der Waals surface area contributed by atoms with Crippen molar-refractivity contribution in [2.75, 3.05) is 18.4 Å². The van der Waals surface area contributed by atoms with Crippen LogP contribution in [0.15, 0.2) is 89.8 Å². The number of nitrogens with one attached hydrogen (secondary N) is 2. The van der Waals surface area contributed by atoms with Crippen LogP contribution in [0.25, 0.3) is 0 Å². The molecule has 0 aliphatic rings. The third-order valence-corrected chi connectivity index (χ3v) is 5.55. The first-order valence-corrected chi connectivity index (χ1v) is 12.4. The van der Waals surface area contributed by atoms with Gasteiger partial charge in [-0.25, -0.2) is 4.79 Å². The molecule has 1 amide bonds. The number of hydrogen-bond acceptors (Lipinski definition) is 5. The molecule has 34 heavy (non-hydrogen) atoms. The Morgan fingerprint density at radius 2 is 1.50 bits per heavy atom. The Balaban J connectivity index is 0.000000497. The topological polar surface area (TPSA) is 70.6 Å². The maximum absolute atomic E-state index is 11.6. The Labute approximate surface area is 207 Å². The number of aliphatic hydroxyl groups is 1. The van der Waals surface area contributed by atoms with E-state index < -0.39 is 17.8 Å². The average molecular weight is 481 g/mol. The molecule has 3 rings (SSSR count). The molecule has 3 N–H and O–H groups in total. The van der Waals surface area contributed by atoms with Gasteiger partial charge in [0.1, 0.15) is 5.60 Å². The van der Waals surface area contributed by atoms with Crippen molar-refractivity contribution in [3.63, 3.8) is 0 Å². The maximum atomic E-state index is 11.6. The van der Waals surface area contributed by atoms with Gasteiger partial charge in [0.25, 0.3) is 0 Å². The molecule has 0 radical (unpaired) electrons. The van der Waals surface area contributed by atoms with Gasteiger partial charge in [0.2, 0.25) is 0 Å². The van der Waals surface area contributed by atoms with Gasteiger partial charge in [-0.15, -0.1) is 11.8 Å².